The molecule has 5 unspecified atom stereocenters. The van der Waals surface area contributed by atoms with Gasteiger partial charge in [0.05, 0.1) is 17.6 Å². The number of alkyl halides is 6. The molecule has 0 radical (unpaired) electrons. The molecule has 65 heavy (non-hydrogen) atoms. The van der Waals surface area contributed by atoms with Gasteiger partial charge in [-0.05, 0) is 96.1 Å². The van der Waals surface area contributed by atoms with E-state index in [0.717, 1.165) is 47.3 Å². The van der Waals surface area contributed by atoms with Crippen molar-refractivity contribution in [3.05, 3.63) is 185 Å². The zero-order valence-electron chi connectivity index (χ0n) is 35.9. The molecule has 3 aliphatic carbocycles. The lowest BCUT2D eigenvalue weighted by molar-refractivity contribution is -0.137. The molecule has 0 N–H and O–H groups in total. The molecule has 5 nitrogen and oxygen atoms in total. The summed E-state index contributed by atoms with van der Waals surface area (Å²) in [5.41, 5.74) is 3.79. The van der Waals surface area contributed by atoms with Gasteiger partial charge >= 0.3 is 12.4 Å². The standard InChI is InChI=1S/C53H45BF6N2O3/c1-4-37(62(39-19-10-6-11-20-39)40-21-12-7-13-22-40)26-34(24-25-61(38-17-8-5-9-18-38)42-23-15-14-16-32(42)2)35-27-43-48-44(28-35)65-51-33(3)41(53(58,59)60)31-47-50(51)54(48)49-45(63-43)29-36(52(55,56)57)30-46(49)64-47/h5-21,23-24,26-33,40,42,51H,4,22,25H2,1-3H3/b34-24+,37-26+. The van der Waals surface area contributed by atoms with E-state index in [9.17, 15) is 26.3 Å². The van der Waals surface area contributed by atoms with Crippen molar-refractivity contribution in [1.82, 2.24) is 0 Å². The Balaban J connectivity index is 1.18. The quantitative estimate of drug-likeness (QED) is 0.0900. The molecule has 10 rings (SSSR count). The molecular weight excluding hydrogens is 837 g/mol. The van der Waals surface area contributed by atoms with E-state index in [2.05, 4.69) is 96.5 Å². The van der Waals surface area contributed by atoms with Crippen molar-refractivity contribution in [2.75, 3.05) is 16.3 Å². The molecule has 0 aromatic heterocycles. The van der Waals surface area contributed by atoms with E-state index >= 15 is 0 Å². The van der Waals surface area contributed by atoms with Crippen LogP contribution in [0.2, 0.25) is 0 Å². The van der Waals surface area contributed by atoms with E-state index < -0.39 is 42.2 Å². The summed E-state index contributed by atoms with van der Waals surface area (Å²) in [6, 6.07) is 25.8. The highest BCUT2D eigenvalue weighted by Gasteiger charge is 2.55. The molecule has 0 saturated carbocycles. The summed E-state index contributed by atoms with van der Waals surface area (Å²) < 4.78 is 107. The van der Waals surface area contributed by atoms with Crippen molar-refractivity contribution in [2.45, 2.75) is 64.2 Å². The molecule has 330 valence electrons. The van der Waals surface area contributed by atoms with Crippen molar-refractivity contribution in [2.24, 2.45) is 11.8 Å². The molecule has 6 aliphatic rings. The first-order chi connectivity index (χ1) is 31.3. The maximum atomic E-state index is 14.7. The lowest BCUT2D eigenvalue weighted by Gasteiger charge is -2.45. The van der Waals surface area contributed by atoms with Crippen LogP contribution in [-0.4, -0.2) is 37.6 Å². The third-order valence-corrected chi connectivity index (χ3v) is 13.2. The number of nitrogens with zero attached hydrogens (tertiary/aromatic N) is 2. The smallest absolute Gasteiger partial charge is 0.416 e. The molecule has 12 heteroatoms. The zero-order valence-corrected chi connectivity index (χ0v) is 35.9. The van der Waals surface area contributed by atoms with E-state index in [1.54, 1.807) is 0 Å². The number of hydrogen-bond donors (Lipinski definition) is 0. The minimum absolute atomic E-state index is 0.00263. The number of ether oxygens (including phenoxy) is 3. The normalized spacial score (nSPS) is 22.8. The monoisotopic (exact) mass is 882 g/mol. The highest BCUT2D eigenvalue weighted by atomic mass is 19.4. The number of rotatable bonds is 10. The maximum Gasteiger partial charge on any atom is 0.416 e. The Labute approximate surface area is 374 Å². The second kappa shape index (κ2) is 16.5. The van der Waals surface area contributed by atoms with Crippen LogP contribution < -0.4 is 34.9 Å². The number of benzene rings is 4. The van der Waals surface area contributed by atoms with Crippen LogP contribution in [0.25, 0.3) is 5.57 Å². The molecule has 0 amide bonds. The fraction of sp³-hybridized carbons (Fsp3) is 0.245. The fourth-order valence-electron chi connectivity index (χ4n) is 10.1. The van der Waals surface area contributed by atoms with Gasteiger partial charge in [-0.1, -0.05) is 112 Å². The summed E-state index contributed by atoms with van der Waals surface area (Å²) in [5.74, 6) is -0.829. The summed E-state index contributed by atoms with van der Waals surface area (Å²) >= 11 is 0. The lowest BCUT2D eigenvalue weighted by Crippen LogP contribution is -2.60. The molecule has 5 atom stereocenters. The van der Waals surface area contributed by atoms with Crippen LogP contribution in [0.5, 0.6) is 23.0 Å². The van der Waals surface area contributed by atoms with Gasteiger partial charge in [0, 0.05) is 46.0 Å². The van der Waals surface area contributed by atoms with Gasteiger partial charge in [0.1, 0.15) is 34.9 Å². The number of allylic oxidation sites excluding steroid dienone is 8. The molecule has 0 fully saturated rings. The summed E-state index contributed by atoms with van der Waals surface area (Å²) in [7, 11) is 0. The van der Waals surface area contributed by atoms with Gasteiger partial charge in [0.25, 0.3) is 6.71 Å². The van der Waals surface area contributed by atoms with Gasteiger partial charge in [0.15, 0.2) is 0 Å². The second-order valence-corrected chi connectivity index (χ2v) is 17.2. The molecule has 4 aromatic rings. The van der Waals surface area contributed by atoms with Crippen molar-refractivity contribution < 1.29 is 40.6 Å². The minimum Gasteiger partial charge on any atom is -0.486 e. The van der Waals surface area contributed by atoms with Crippen LogP contribution in [0.1, 0.15) is 44.7 Å². The average molecular weight is 883 g/mol. The van der Waals surface area contributed by atoms with Gasteiger partial charge in [-0.15, -0.1) is 0 Å². The van der Waals surface area contributed by atoms with E-state index in [1.807, 2.05) is 60.7 Å². The topological polar surface area (TPSA) is 34.2 Å². The SMILES string of the molecule is CC/C(=C\C(=C/CN(c1ccccc1)C1C=CC=CC1C)c1cc2c3c(c1)OC1C4=C(C=C(C(F)(F)F)C1C)Oc1cc(C(F)(F)F)cc(c1B43)O2)N(c1ccccc1)C1C=CC=CC1. The van der Waals surface area contributed by atoms with Gasteiger partial charge in [-0.25, -0.2) is 0 Å². The number of hydrogen-bond acceptors (Lipinski definition) is 5. The molecule has 0 spiro atoms. The van der Waals surface area contributed by atoms with Crippen LogP contribution >= 0.6 is 0 Å². The second-order valence-electron chi connectivity index (χ2n) is 17.2. The number of anilines is 2. The molecule has 3 aliphatic heterocycles. The first kappa shape index (κ1) is 42.4. The number of halogens is 6. The molecule has 3 heterocycles. The maximum absolute atomic E-state index is 14.7. The Morgan fingerprint density at radius 2 is 1.40 bits per heavy atom. The van der Waals surface area contributed by atoms with E-state index in [-0.39, 0.29) is 41.0 Å². The lowest BCUT2D eigenvalue weighted by atomic mass is 9.31. The summed E-state index contributed by atoms with van der Waals surface area (Å²) in [4.78, 5) is 4.65. The highest BCUT2D eigenvalue weighted by molar-refractivity contribution is 6.94. The van der Waals surface area contributed by atoms with Crippen LogP contribution in [0.15, 0.2) is 174 Å². The summed E-state index contributed by atoms with van der Waals surface area (Å²) in [6.07, 6.45) is 12.8. The minimum atomic E-state index is -4.79. The van der Waals surface area contributed by atoms with E-state index in [0.29, 0.717) is 40.7 Å². The third kappa shape index (κ3) is 7.70. The molecule has 4 aromatic carbocycles. The summed E-state index contributed by atoms with van der Waals surface area (Å²) in [5, 5.41) is 0. The van der Waals surface area contributed by atoms with Crippen LogP contribution in [0.3, 0.4) is 0 Å². The highest BCUT2D eigenvalue weighted by Crippen LogP contribution is 2.50. The van der Waals surface area contributed by atoms with Crippen LogP contribution in [0.4, 0.5) is 37.7 Å². The van der Waals surface area contributed by atoms with Crippen molar-refractivity contribution in [1.29, 1.82) is 0 Å². The third-order valence-electron chi connectivity index (χ3n) is 13.2. The average Bonchev–Trinajstić information content (AvgIpc) is 3.29. The van der Waals surface area contributed by atoms with Crippen LogP contribution in [-0.2, 0) is 6.18 Å². The van der Waals surface area contributed by atoms with Crippen LogP contribution in [0, 0.1) is 11.8 Å². The van der Waals surface area contributed by atoms with Gasteiger partial charge in [-0.3, -0.25) is 0 Å². The number of para-hydroxylation sites is 2. The van der Waals surface area contributed by atoms with Crippen molar-refractivity contribution >= 4 is 34.6 Å². The van der Waals surface area contributed by atoms with Crippen molar-refractivity contribution in [3.63, 3.8) is 0 Å². The molecular formula is C53H45BF6N2O3. The first-order valence-corrected chi connectivity index (χ1v) is 22.0. The van der Waals surface area contributed by atoms with Gasteiger partial charge < -0.3 is 24.0 Å². The first-order valence-electron chi connectivity index (χ1n) is 22.0. The molecule has 0 saturated heterocycles. The zero-order chi connectivity index (χ0) is 45.2. The predicted octanol–water partition coefficient (Wildman–Crippen LogP) is 12.2. The van der Waals surface area contributed by atoms with Crippen molar-refractivity contribution in [3.8, 4) is 23.0 Å². The predicted molar refractivity (Wildman–Crippen MR) is 245 cm³/mol. The van der Waals surface area contributed by atoms with Gasteiger partial charge in [-0.2, -0.15) is 26.3 Å². The van der Waals surface area contributed by atoms with E-state index in [4.69, 9.17) is 14.2 Å². The van der Waals surface area contributed by atoms with Gasteiger partial charge in [0.2, 0.25) is 0 Å². The Morgan fingerprint density at radius 1 is 0.754 bits per heavy atom. The Bertz CT molecular complexity index is 2780. The largest absolute Gasteiger partial charge is 0.486 e. The fourth-order valence-corrected chi connectivity index (χ4v) is 10.1. The van der Waals surface area contributed by atoms with E-state index in [1.165, 1.54) is 6.92 Å². The Morgan fingerprint density at radius 3 is 2.06 bits per heavy atom. The Hall–Kier alpha value is -6.56. The summed E-state index contributed by atoms with van der Waals surface area (Å²) in [6.45, 7) is 5.43. The molecule has 0 bridgehead atoms. The Kier molecular flexibility index (Phi) is 10.7.